The Morgan fingerprint density at radius 2 is 1.88 bits per heavy atom. The van der Waals surface area contributed by atoms with Crippen LogP contribution in [0.3, 0.4) is 0 Å². The number of nitrogens with one attached hydrogen (secondary N) is 2. The van der Waals surface area contributed by atoms with Crippen LogP contribution in [0.4, 0.5) is 18.9 Å². The van der Waals surface area contributed by atoms with E-state index in [1.165, 1.54) is 22.3 Å². The molecule has 1 spiro atoms. The number of carbonyl (C=O) groups is 2. The largest absolute Gasteiger partial charge is 0.490 e. The molecule has 0 radical (unpaired) electrons. The number of H-pyrrole nitrogens is 1. The first-order valence-corrected chi connectivity index (χ1v) is 13.2. The third kappa shape index (κ3) is 4.88. The molecule has 7 rings (SSSR count). The lowest BCUT2D eigenvalue weighted by Crippen LogP contribution is -2.26. The number of alkyl halides is 3. The number of benzene rings is 3. The molecule has 1 fully saturated rings. The van der Waals surface area contributed by atoms with Crippen molar-refractivity contribution < 1.29 is 27.9 Å². The number of halogens is 3. The van der Waals surface area contributed by atoms with Crippen molar-refractivity contribution >= 4 is 40.6 Å². The third-order valence-corrected chi connectivity index (χ3v) is 8.15. The second-order valence-corrected chi connectivity index (χ2v) is 10.8. The molecule has 210 valence electrons. The lowest BCUT2D eigenvalue weighted by molar-refractivity contribution is -0.192. The maximum atomic E-state index is 12.9. The van der Waals surface area contributed by atoms with Gasteiger partial charge in [-0.1, -0.05) is 54.6 Å². The highest BCUT2D eigenvalue weighted by Crippen LogP contribution is 2.65. The number of hydrogen-bond donors (Lipinski definition) is 3. The second-order valence-electron chi connectivity index (χ2n) is 10.8. The summed E-state index contributed by atoms with van der Waals surface area (Å²) < 4.78 is 31.7. The smallest absolute Gasteiger partial charge is 0.475 e. The van der Waals surface area contributed by atoms with Crippen LogP contribution in [0, 0.1) is 0 Å². The van der Waals surface area contributed by atoms with Crippen LogP contribution in [0.5, 0.6) is 0 Å². The van der Waals surface area contributed by atoms with E-state index in [1.54, 1.807) is 0 Å². The Bertz CT molecular complexity index is 1710. The molecular weight excluding hydrogens is 533 g/mol. The molecule has 3 aromatic carbocycles. The van der Waals surface area contributed by atoms with Crippen LogP contribution in [0.25, 0.3) is 23.1 Å². The average molecular weight is 561 g/mol. The summed E-state index contributed by atoms with van der Waals surface area (Å²) in [6, 6.07) is 21.3. The number of aromatic nitrogens is 2. The summed E-state index contributed by atoms with van der Waals surface area (Å²) in [6.45, 7) is 2.14. The molecule has 3 heterocycles. The zero-order chi connectivity index (χ0) is 28.9. The summed E-state index contributed by atoms with van der Waals surface area (Å²) in [6.07, 6.45) is 1.13. The van der Waals surface area contributed by atoms with Gasteiger partial charge in [0, 0.05) is 30.1 Å². The molecule has 0 saturated heterocycles. The highest BCUT2D eigenvalue weighted by Gasteiger charge is 2.65. The van der Waals surface area contributed by atoms with Crippen molar-refractivity contribution in [2.45, 2.75) is 36.9 Å². The fourth-order valence-corrected chi connectivity index (χ4v) is 5.95. The van der Waals surface area contributed by atoms with Gasteiger partial charge in [0.15, 0.2) is 0 Å². The number of likely N-dealkylation sites (N-methyl/N-ethyl adjacent to an activating group) is 1. The van der Waals surface area contributed by atoms with Crippen LogP contribution in [-0.2, 0) is 28.0 Å². The van der Waals surface area contributed by atoms with Gasteiger partial charge in [0.05, 0.1) is 16.6 Å². The number of fused-ring (bicyclic) bond motifs is 4. The Hall–Kier alpha value is -4.44. The quantitative estimate of drug-likeness (QED) is 0.297. The number of rotatable bonds is 3. The van der Waals surface area contributed by atoms with E-state index in [9.17, 15) is 18.0 Å². The normalized spacial score (nSPS) is 21.4. The Morgan fingerprint density at radius 3 is 2.66 bits per heavy atom. The van der Waals surface area contributed by atoms with Gasteiger partial charge in [-0.05, 0) is 65.9 Å². The number of amides is 1. The standard InChI is InChI=1S/C29H26N4O.C2HF3O2/c1-33-13-12-19-8-6-18(14-21(19)17-33)7-11-25-22-10-9-20(15-27(22)32-31-25)24-16-29(24)23-4-2-3-5-26(23)30-28(29)34;3-2(4,5)1(6)7/h2-11,14-15,24H,12-13,16-17H2,1H3,(H,30,34)(H,31,32);(H,6,7)/t24-,29-;/m0./s1. The predicted octanol–water partition coefficient (Wildman–Crippen LogP) is 5.73. The lowest BCUT2D eigenvalue weighted by atomic mass is 9.92. The molecule has 2 atom stereocenters. The monoisotopic (exact) mass is 560 g/mol. The zero-order valence-electron chi connectivity index (χ0n) is 22.1. The Kier molecular flexibility index (Phi) is 6.45. The van der Waals surface area contributed by atoms with Crippen LogP contribution < -0.4 is 5.32 Å². The van der Waals surface area contributed by atoms with Gasteiger partial charge in [-0.2, -0.15) is 18.3 Å². The van der Waals surface area contributed by atoms with Gasteiger partial charge >= 0.3 is 12.1 Å². The van der Waals surface area contributed by atoms with E-state index in [4.69, 9.17) is 9.90 Å². The first-order chi connectivity index (χ1) is 19.6. The highest BCUT2D eigenvalue weighted by atomic mass is 19.4. The summed E-state index contributed by atoms with van der Waals surface area (Å²) in [5, 5.41) is 19.1. The molecule has 1 amide bonds. The number of para-hydroxylation sites is 1. The van der Waals surface area contributed by atoms with Gasteiger partial charge in [0.25, 0.3) is 0 Å². The maximum Gasteiger partial charge on any atom is 0.490 e. The molecule has 7 nitrogen and oxygen atoms in total. The van der Waals surface area contributed by atoms with E-state index in [1.807, 2.05) is 18.2 Å². The molecule has 1 aromatic heterocycles. The maximum absolute atomic E-state index is 12.9. The molecule has 10 heteroatoms. The van der Waals surface area contributed by atoms with E-state index >= 15 is 0 Å². The van der Waals surface area contributed by atoms with Crippen LogP contribution in [0.2, 0.25) is 0 Å². The summed E-state index contributed by atoms with van der Waals surface area (Å²) >= 11 is 0. The topological polar surface area (TPSA) is 98.3 Å². The van der Waals surface area contributed by atoms with E-state index in [0.717, 1.165) is 53.8 Å². The molecule has 4 aromatic rings. The minimum absolute atomic E-state index is 0.128. The Morgan fingerprint density at radius 1 is 1.10 bits per heavy atom. The molecule has 3 aliphatic rings. The molecule has 1 aliphatic carbocycles. The fraction of sp³-hybridized carbons (Fsp3) is 0.258. The number of carboxylic acid groups (broad SMARTS) is 1. The van der Waals surface area contributed by atoms with Crippen molar-refractivity contribution in [3.05, 3.63) is 94.2 Å². The molecular formula is C31H27F3N4O3. The van der Waals surface area contributed by atoms with Crippen molar-refractivity contribution in [3.63, 3.8) is 0 Å². The zero-order valence-corrected chi connectivity index (χ0v) is 22.1. The minimum atomic E-state index is -5.08. The predicted molar refractivity (Wildman–Crippen MR) is 149 cm³/mol. The third-order valence-electron chi connectivity index (χ3n) is 8.15. The molecule has 0 unspecified atom stereocenters. The number of anilines is 1. The van der Waals surface area contributed by atoms with Crippen molar-refractivity contribution in [2.75, 3.05) is 18.9 Å². The van der Waals surface area contributed by atoms with Gasteiger partial charge in [-0.15, -0.1) is 0 Å². The fourth-order valence-electron chi connectivity index (χ4n) is 5.95. The summed E-state index contributed by atoms with van der Waals surface area (Å²) in [7, 11) is 2.18. The summed E-state index contributed by atoms with van der Waals surface area (Å²) in [4.78, 5) is 24.1. The molecule has 2 aliphatic heterocycles. The van der Waals surface area contributed by atoms with Gasteiger partial charge in [0.1, 0.15) is 0 Å². The number of carboxylic acids is 1. The van der Waals surface area contributed by atoms with E-state index in [2.05, 4.69) is 82.1 Å². The Labute approximate surface area is 233 Å². The van der Waals surface area contributed by atoms with Crippen molar-refractivity contribution in [1.29, 1.82) is 0 Å². The number of nitrogens with zero attached hydrogens (tertiary/aromatic N) is 2. The number of carbonyl (C=O) groups excluding carboxylic acids is 1. The Balaban J connectivity index is 0.000000387. The number of hydrogen-bond acceptors (Lipinski definition) is 4. The summed E-state index contributed by atoms with van der Waals surface area (Å²) in [5.41, 5.74) is 8.91. The second kappa shape index (κ2) is 9.88. The first kappa shape index (κ1) is 26.8. The molecule has 0 bridgehead atoms. The van der Waals surface area contributed by atoms with E-state index in [-0.39, 0.29) is 11.8 Å². The minimum Gasteiger partial charge on any atom is -0.475 e. The average Bonchev–Trinajstić information content (AvgIpc) is 3.47. The van der Waals surface area contributed by atoms with Crippen molar-refractivity contribution in [2.24, 2.45) is 0 Å². The lowest BCUT2D eigenvalue weighted by Gasteiger charge is -2.25. The van der Waals surface area contributed by atoms with Gasteiger partial charge in [-0.3, -0.25) is 9.89 Å². The van der Waals surface area contributed by atoms with Crippen LogP contribution >= 0.6 is 0 Å². The highest BCUT2D eigenvalue weighted by molar-refractivity contribution is 6.09. The van der Waals surface area contributed by atoms with Crippen LogP contribution in [-0.4, -0.2) is 51.8 Å². The number of aromatic amines is 1. The van der Waals surface area contributed by atoms with Crippen LogP contribution in [0.1, 0.15) is 45.8 Å². The first-order valence-electron chi connectivity index (χ1n) is 13.2. The molecule has 41 heavy (non-hydrogen) atoms. The van der Waals surface area contributed by atoms with E-state index in [0.29, 0.717) is 0 Å². The van der Waals surface area contributed by atoms with Crippen LogP contribution in [0.15, 0.2) is 60.7 Å². The van der Waals surface area contributed by atoms with Crippen molar-refractivity contribution in [1.82, 2.24) is 15.1 Å². The molecule has 1 saturated carbocycles. The van der Waals surface area contributed by atoms with E-state index < -0.39 is 17.6 Å². The summed E-state index contributed by atoms with van der Waals surface area (Å²) in [5.74, 6) is -2.42. The van der Waals surface area contributed by atoms with Gasteiger partial charge < -0.3 is 15.3 Å². The van der Waals surface area contributed by atoms with Gasteiger partial charge in [-0.25, -0.2) is 4.79 Å². The molecule has 3 N–H and O–H groups in total. The number of aliphatic carboxylic acids is 1. The van der Waals surface area contributed by atoms with Crippen molar-refractivity contribution in [3.8, 4) is 0 Å². The SMILES string of the molecule is CN1CCc2ccc(C=Cc3n[nH]c4cc([C@@H]5C[C@@]56C(=O)Nc5ccccc56)ccc34)cc2C1.O=C(O)C(F)(F)F. The van der Waals surface area contributed by atoms with Gasteiger partial charge in [0.2, 0.25) is 5.91 Å².